The number of aliphatic hydroxyl groups excluding tert-OH is 1. The Balaban J connectivity index is 2.29. The van der Waals surface area contributed by atoms with Crippen LogP contribution in [0.15, 0.2) is 18.7 Å². The van der Waals surface area contributed by atoms with Gasteiger partial charge in [0.1, 0.15) is 0 Å². The third kappa shape index (κ3) is 6.47. The van der Waals surface area contributed by atoms with Crippen LogP contribution in [-0.2, 0) is 6.54 Å². The minimum Gasteiger partial charge on any atom is -0.396 e. The lowest BCUT2D eigenvalue weighted by molar-refractivity contribution is 0.207. The molecule has 0 saturated carbocycles. The topological polar surface area (TPSA) is 38.0 Å². The maximum absolute atomic E-state index is 9.10. The van der Waals surface area contributed by atoms with Gasteiger partial charge >= 0.3 is 0 Å². The van der Waals surface area contributed by atoms with E-state index in [0.29, 0.717) is 17.9 Å². The van der Waals surface area contributed by atoms with Gasteiger partial charge in [-0.1, -0.05) is 20.8 Å². The highest BCUT2D eigenvalue weighted by molar-refractivity contribution is 4.75. The Morgan fingerprint density at radius 3 is 2.59 bits per heavy atom. The van der Waals surface area contributed by atoms with Crippen LogP contribution in [0.1, 0.15) is 46.5 Å². The molecule has 1 atom stereocenters. The summed E-state index contributed by atoms with van der Waals surface area (Å²) < 4.78 is 2.12. The number of aromatic nitrogens is 2. The second-order valence-corrected chi connectivity index (χ2v) is 6.09. The highest BCUT2D eigenvalue weighted by Crippen LogP contribution is 2.29. The van der Waals surface area contributed by atoms with E-state index in [1.165, 1.54) is 12.8 Å². The first-order valence-electron chi connectivity index (χ1n) is 6.58. The molecule has 1 aromatic heterocycles. The van der Waals surface area contributed by atoms with Gasteiger partial charge in [-0.3, -0.25) is 0 Å². The summed E-state index contributed by atoms with van der Waals surface area (Å²) in [6.45, 7) is 8.16. The van der Waals surface area contributed by atoms with E-state index in [1.54, 1.807) is 0 Å². The van der Waals surface area contributed by atoms with Crippen molar-refractivity contribution < 1.29 is 5.11 Å². The van der Waals surface area contributed by atoms with Crippen LogP contribution in [0, 0.1) is 11.3 Å². The molecule has 0 aromatic carbocycles. The van der Waals surface area contributed by atoms with Gasteiger partial charge in [-0.15, -0.1) is 0 Å². The minimum absolute atomic E-state index is 0.311. The third-order valence-electron chi connectivity index (χ3n) is 3.03. The fourth-order valence-corrected chi connectivity index (χ4v) is 2.38. The smallest absolute Gasteiger partial charge is 0.0945 e. The van der Waals surface area contributed by atoms with Crippen molar-refractivity contribution in [1.29, 1.82) is 0 Å². The lowest BCUT2D eigenvalue weighted by Crippen LogP contribution is -2.15. The summed E-state index contributed by atoms with van der Waals surface area (Å²) in [7, 11) is 0. The summed E-state index contributed by atoms with van der Waals surface area (Å²) in [4.78, 5) is 4.04. The number of hydrogen-bond acceptors (Lipinski definition) is 2. The van der Waals surface area contributed by atoms with Crippen LogP contribution < -0.4 is 0 Å². The van der Waals surface area contributed by atoms with Crippen molar-refractivity contribution in [3.8, 4) is 0 Å². The summed E-state index contributed by atoms with van der Waals surface area (Å²) in [5.74, 6) is 0.642. The van der Waals surface area contributed by atoms with Crippen LogP contribution in [0.4, 0.5) is 0 Å². The van der Waals surface area contributed by atoms with Crippen molar-refractivity contribution in [2.75, 3.05) is 6.61 Å². The monoisotopic (exact) mass is 238 g/mol. The maximum Gasteiger partial charge on any atom is 0.0945 e. The van der Waals surface area contributed by atoms with Crippen LogP contribution in [0.3, 0.4) is 0 Å². The molecule has 0 amide bonds. The Kier molecular flexibility index (Phi) is 5.69. The molecule has 0 aliphatic heterocycles. The first-order chi connectivity index (χ1) is 8.01. The minimum atomic E-state index is 0.311. The second-order valence-electron chi connectivity index (χ2n) is 6.09. The highest BCUT2D eigenvalue weighted by atomic mass is 16.3. The zero-order valence-corrected chi connectivity index (χ0v) is 11.4. The van der Waals surface area contributed by atoms with Gasteiger partial charge in [0.2, 0.25) is 0 Å². The predicted molar refractivity (Wildman–Crippen MR) is 70.7 cm³/mol. The van der Waals surface area contributed by atoms with E-state index >= 15 is 0 Å². The van der Waals surface area contributed by atoms with Crippen LogP contribution in [0.5, 0.6) is 0 Å². The van der Waals surface area contributed by atoms with Crippen molar-refractivity contribution in [1.82, 2.24) is 9.55 Å². The average molecular weight is 238 g/mol. The first-order valence-corrected chi connectivity index (χ1v) is 6.58. The molecule has 1 aromatic rings. The number of rotatable bonds is 7. The molecule has 17 heavy (non-hydrogen) atoms. The van der Waals surface area contributed by atoms with Gasteiger partial charge < -0.3 is 9.67 Å². The quantitative estimate of drug-likeness (QED) is 0.792. The molecule has 0 aliphatic carbocycles. The van der Waals surface area contributed by atoms with Gasteiger partial charge in [-0.25, -0.2) is 4.98 Å². The number of aliphatic hydroxyl groups is 1. The van der Waals surface area contributed by atoms with Crippen LogP contribution >= 0.6 is 0 Å². The summed E-state index contributed by atoms with van der Waals surface area (Å²) in [5.41, 5.74) is 0.356. The zero-order valence-electron chi connectivity index (χ0n) is 11.4. The van der Waals surface area contributed by atoms with Gasteiger partial charge in [0.25, 0.3) is 0 Å². The molecule has 0 bridgehead atoms. The maximum atomic E-state index is 9.10. The molecule has 98 valence electrons. The third-order valence-corrected chi connectivity index (χ3v) is 3.03. The Morgan fingerprint density at radius 1 is 1.29 bits per heavy atom. The van der Waals surface area contributed by atoms with Gasteiger partial charge in [-0.05, 0) is 37.0 Å². The Morgan fingerprint density at radius 2 is 2.06 bits per heavy atom. The van der Waals surface area contributed by atoms with Gasteiger partial charge in [0, 0.05) is 25.5 Å². The van der Waals surface area contributed by atoms with E-state index in [2.05, 4.69) is 30.3 Å². The van der Waals surface area contributed by atoms with E-state index < -0.39 is 0 Å². The molecule has 0 unspecified atom stereocenters. The van der Waals surface area contributed by atoms with Gasteiger partial charge in [0.05, 0.1) is 6.33 Å². The number of hydrogen-bond donors (Lipinski definition) is 1. The Bertz CT molecular complexity index is 288. The van der Waals surface area contributed by atoms with Crippen molar-refractivity contribution in [2.24, 2.45) is 11.3 Å². The molecule has 1 N–H and O–H groups in total. The van der Waals surface area contributed by atoms with E-state index in [9.17, 15) is 0 Å². The molecule has 0 saturated heterocycles. The second kappa shape index (κ2) is 6.80. The lowest BCUT2D eigenvalue weighted by atomic mass is 9.81. The lowest BCUT2D eigenvalue weighted by Gasteiger charge is -2.25. The van der Waals surface area contributed by atoms with Crippen LogP contribution in [-0.4, -0.2) is 21.3 Å². The molecule has 1 heterocycles. The molecule has 0 aliphatic rings. The molecular weight excluding hydrogens is 212 g/mol. The Hall–Kier alpha value is -0.830. The van der Waals surface area contributed by atoms with Crippen LogP contribution in [0.25, 0.3) is 0 Å². The number of aryl methyl sites for hydroxylation is 1. The molecule has 1 rings (SSSR count). The molecule has 3 heteroatoms. The van der Waals surface area contributed by atoms with E-state index in [1.807, 2.05) is 18.7 Å². The fraction of sp³-hybridized carbons (Fsp3) is 0.786. The average Bonchev–Trinajstić information content (AvgIpc) is 2.68. The predicted octanol–water partition coefficient (Wildman–Crippen LogP) is 3.10. The van der Waals surface area contributed by atoms with Crippen molar-refractivity contribution in [3.05, 3.63) is 18.7 Å². The zero-order chi connectivity index (χ0) is 12.7. The van der Waals surface area contributed by atoms with E-state index in [0.717, 1.165) is 19.4 Å². The van der Waals surface area contributed by atoms with Crippen molar-refractivity contribution in [2.45, 2.75) is 53.0 Å². The Labute approximate surface area is 105 Å². The van der Waals surface area contributed by atoms with Crippen LogP contribution in [0.2, 0.25) is 0 Å². The molecule has 0 fully saturated rings. The fourth-order valence-electron chi connectivity index (χ4n) is 2.38. The van der Waals surface area contributed by atoms with E-state index in [-0.39, 0.29) is 0 Å². The summed E-state index contributed by atoms with van der Waals surface area (Å²) in [6, 6.07) is 0. The summed E-state index contributed by atoms with van der Waals surface area (Å²) >= 11 is 0. The number of imidazole rings is 1. The van der Waals surface area contributed by atoms with Crippen molar-refractivity contribution >= 4 is 0 Å². The molecular formula is C14H26N2O. The summed E-state index contributed by atoms with van der Waals surface area (Å²) in [5, 5.41) is 9.10. The molecule has 3 nitrogen and oxygen atoms in total. The normalized spacial score (nSPS) is 13.9. The largest absolute Gasteiger partial charge is 0.396 e. The van der Waals surface area contributed by atoms with Crippen molar-refractivity contribution in [3.63, 3.8) is 0 Å². The summed E-state index contributed by atoms with van der Waals surface area (Å²) in [6.07, 6.45) is 10.2. The number of nitrogens with zero attached hydrogens (tertiary/aromatic N) is 2. The molecule has 0 radical (unpaired) electrons. The molecule has 0 spiro atoms. The van der Waals surface area contributed by atoms with E-state index in [4.69, 9.17) is 5.11 Å². The SMILES string of the molecule is CC(C)(C)C[C@H](CCO)CCCn1ccnc1. The van der Waals surface area contributed by atoms with Gasteiger partial charge in [0.15, 0.2) is 0 Å². The van der Waals surface area contributed by atoms with Gasteiger partial charge in [-0.2, -0.15) is 0 Å². The first kappa shape index (κ1) is 14.2. The highest BCUT2D eigenvalue weighted by Gasteiger charge is 2.18. The standard InChI is InChI=1S/C14H26N2O/c1-14(2,3)11-13(6-10-17)5-4-8-16-9-7-15-12-16/h7,9,12-13,17H,4-6,8,10-11H2,1-3H3/t13-/m0/s1.